The number of carbonyl (C=O) groups excluding carboxylic acids is 3. The number of methoxy groups -OCH3 is 1. The average Bonchev–Trinajstić information content (AvgIpc) is 2.77. The molecule has 2 aromatic rings. The third-order valence-corrected chi connectivity index (χ3v) is 4.38. The van der Waals surface area contributed by atoms with Crippen LogP contribution in [-0.2, 0) is 19.1 Å². The standard InChI is InChI=1S/C22H25N3O5S/c1-25(18-9-4-3-5-10-18)21(28)16-7-6-8-17(15-16)23-22(31)24-19(26)11-12-20(27)30-14-13-29-2/h3-10,15H,11-14H2,1-2H3,(H2,23,24,26,31). The maximum atomic E-state index is 12.7. The van der Waals surface area contributed by atoms with Crippen molar-refractivity contribution in [1.82, 2.24) is 5.32 Å². The maximum Gasteiger partial charge on any atom is 0.306 e. The summed E-state index contributed by atoms with van der Waals surface area (Å²) in [4.78, 5) is 37.8. The third kappa shape index (κ3) is 8.15. The maximum absolute atomic E-state index is 12.7. The van der Waals surface area contributed by atoms with Crippen molar-refractivity contribution in [3.63, 3.8) is 0 Å². The van der Waals surface area contributed by atoms with Gasteiger partial charge in [0.05, 0.1) is 13.0 Å². The lowest BCUT2D eigenvalue weighted by atomic mass is 10.1. The summed E-state index contributed by atoms with van der Waals surface area (Å²) in [6, 6.07) is 16.1. The number of amides is 2. The van der Waals surface area contributed by atoms with Crippen molar-refractivity contribution >= 4 is 46.5 Å². The van der Waals surface area contributed by atoms with Gasteiger partial charge in [-0.15, -0.1) is 0 Å². The highest BCUT2D eigenvalue weighted by molar-refractivity contribution is 7.80. The minimum atomic E-state index is -0.486. The fraction of sp³-hybridized carbons (Fsp3) is 0.273. The zero-order valence-electron chi connectivity index (χ0n) is 17.4. The lowest BCUT2D eigenvalue weighted by Crippen LogP contribution is -2.34. The molecule has 2 N–H and O–H groups in total. The van der Waals surface area contributed by atoms with Crippen LogP contribution < -0.4 is 15.5 Å². The van der Waals surface area contributed by atoms with Crippen LogP contribution in [0.2, 0.25) is 0 Å². The Balaban J connectivity index is 1.86. The van der Waals surface area contributed by atoms with Gasteiger partial charge in [-0.3, -0.25) is 14.4 Å². The Morgan fingerprint density at radius 2 is 1.74 bits per heavy atom. The molecule has 0 atom stereocenters. The van der Waals surface area contributed by atoms with Gasteiger partial charge in [0.2, 0.25) is 5.91 Å². The van der Waals surface area contributed by atoms with Crippen LogP contribution in [0.3, 0.4) is 0 Å². The lowest BCUT2D eigenvalue weighted by Gasteiger charge is -2.18. The van der Waals surface area contributed by atoms with Crippen molar-refractivity contribution in [2.45, 2.75) is 12.8 Å². The van der Waals surface area contributed by atoms with Crippen LogP contribution in [0.5, 0.6) is 0 Å². The highest BCUT2D eigenvalue weighted by Gasteiger charge is 2.14. The summed E-state index contributed by atoms with van der Waals surface area (Å²) in [6.07, 6.45) is -0.123. The van der Waals surface area contributed by atoms with Gasteiger partial charge in [0, 0.05) is 37.5 Å². The molecule has 8 nitrogen and oxygen atoms in total. The molecule has 0 aliphatic heterocycles. The van der Waals surface area contributed by atoms with Crippen molar-refractivity contribution < 1.29 is 23.9 Å². The summed E-state index contributed by atoms with van der Waals surface area (Å²) in [5, 5.41) is 5.44. The first-order valence-corrected chi connectivity index (χ1v) is 10.00. The van der Waals surface area contributed by atoms with Crippen LogP contribution in [0.1, 0.15) is 23.2 Å². The quantitative estimate of drug-likeness (QED) is 0.349. The number of hydrogen-bond donors (Lipinski definition) is 2. The predicted octanol–water partition coefficient (Wildman–Crippen LogP) is 2.75. The van der Waals surface area contributed by atoms with Crippen LogP contribution in [0.4, 0.5) is 11.4 Å². The Kier molecular flexibility index (Phi) is 9.60. The molecule has 164 valence electrons. The van der Waals surface area contributed by atoms with Gasteiger partial charge in [-0.25, -0.2) is 0 Å². The van der Waals surface area contributed by atoms with E-state index in [-0.39, 0.29) is 30.5 Å². The number of thiocarbonyl (C=S) groups is 1. The van der Waals surface area contributed by atoms with Crippen LogP contribution in [0.15, 0.2) is 54.6 Å². The number of benzene rings is 2. The molecule has 2 rings (SSSR count). The highest BCUT2D eigenvalue weighted by Crippen LogP contribution is 2.17. The van der Waals surface area contributed by atoms with Gasteiger partial charge >= 0.3 is 5.97 Å². The zero-order valence-corrected chi connectivity index (χ0v) is 18.2. The molecule has 0 radical (unpaired) electrons. The topological polar surface area (TPSA) is 97.0 Å². The SMILES string of the molecule is COCCOC(=O)CCC(=O)NC(=S)Nc1cccc(C(=O)N(C)c2ccccc2)c1. The minimum absolute atomic E-state index is 0.0615. The van der Waals surface area contributed by atoms with Gasteiger partial charge in [-0.05, 0) is 42.5 Å². The van der Waals surface area contributed by atoms with E-state index in [0.29, 0.717) is 17.9 Å². The average molecular weight is 444 g/mol. The molecule has 0 unspecified atom stereocenters. The van der Waals surface area contributed by atoms with Gasteiger partial charge in [0.25, 0.3) is 5.91 Å². The monoisotopic (exact) mass is 443 g/mol. The fourth-order valence-electron chi connectivity index (χ4n) is 2.57. The number of nitrogens with zero attached hydrogens (tertiary/aromatic N) is 1. The molecule has 0 saturated heterocycles. The number of esters is 1. The van der Waals surface area contributed by atoms with Crippen molar-refractivity contribution in [2.24, 2.45) is 0 Å². The first kappa shape index (κ1) is 24.0. The van der Waals surface area contributed by atoms with E-state index in [1.807, 2.05) is 30.3 Å². The molecular formula is C22H25N3O5S. The van der Waals surface area contributed by atoms with Gasteiger partial charge in [-0.1, -0.05) is 24.3 Å². The summed E-state index contributed by atoms with van der Waals surface area (Å²) >= 11 is 5.14. The molecule has 0 fully saturated rings. The number of anilines is 2. The summed E-state index contributed by atoms with van der Waals surface area (Å²) < 4.78 is 9.67. The summed E-state index contributed by atoms with van der Waals surface area (Å²) in [5.41, 5.74) is 1.79. The Bertz CT molecular complexity index is 920. The van der Waals surface area contributed by atoms with E-state index in [2.05, 4.69) is 10.6 Å². The van der Waals surface area contributed by atoms with Gasteiger partial charge in [0.15, 0.2) is 5.11 Å². The second-order valence-electron chi connectivity index (χ2n) is 6.50. The number of nitrogens with one attached hydrogen (secondary N) is 2. The van der Waals surface area contributed by atoms with Gasteiger partial charge < -0.3 is 25.0 Å². The molecule has 9 heteroatoms. The van der Waals surface area contributed by atoms with Crippen LogP contribution >= 0.6 is 12.2 Å². The Morgan fingerprint density at radius 3 is 2.45 bits per heavy atom. The molecule has 0 bridgehead atoms. The Labute approximate surface area is 186 Å². The van der Waals surface area contributed by atoms with Crippen molar-refractivity contribution in [1.29, 1.82) is 0 Å². The molecule has 0 aromatic heterocycles. The predicted molar refractivity (Wildman–Crippen MR) is 122 cm³/mol. The second kappa shape index (κ2) is 12.4. The van der Waals surface area contributed by atoms with E-state index < -0.39 is 11.9 Å². The molecule has 2 amide bonds. The van der Waals surface area contributed by atoms with E-state index >= 15 is 0 Å². The first-order chi connectivity index (χ1) is 14.9. The molecular weight excluding hydrogens is 418 g/mol. The minimum Gasteiger partial charge on any atom is -0.463 e. The Hall–Kier alpha value is -3.30. The highest BCUT2D eigenvalue weighted by atomic mass is 32.1. The molecule has 0 aliphatic carbocycles. The molecule has 2 aromatic carbocycles. The van der Waals surface area contributed by atoms with Crippen LogP contribution in [0.25, 0.3) is 0 Å². The van der Waals surface area contributed by atoms with Crippen molar-refractivity contribution in [2.75, 3.05) is 37.6 Å². The van der Waals surface area contributed by atoms with Crippen molar-refractivity contribution in [3.05, 3.63) is 60.2 Å². The van der Waals surface area contributed by atoms with E-state index in [9.17, 15) is 14.4 Å². The number of para-hydroxylation sites is 1. The van der Waals surface area contributed by atoms with Crippen LogP contribution in [-0.4, -0.2) is 50.3 Å². The van der Waals surface area contributed by atoms with E-state index in [4.69, 9.17) is 21.7 Å². The van der Waals surface area contributed by atoms with Crippen LogP contribution in [0, 0.1) is 0 Å². The summed E-state index contributed by atoms with van der Waals surface area (Å²) in [7, 11) is 3.20. The van der Waals surface area contributed by atoms with E-state index in [1.54, 1.807) is 36.2 Å². The summed E-state index contributed by atoms with van der Waals surface area (Å²) in [5.74, 6) is -1.09. The lowest BCUT2D eigenvalue weighted by molar-refractivity contribution is -0.146. The van der Waals surface area contributed by atoms with Crippen molar-refractivity contribution in [3.8, 4) is 0 Å². The third-order valence-electron chi connectivity index (χ3n) is 4.18. The number of ether oxygens (including phenoxy) is 2. The second-order valence-corrected chi connectivity index (χ2v) is 6.90. The van der Waals surface area contributed by atoms with Gasteiger partial charge in [-0.2, -0.15) is 0 Å². The van der Waals surface area contributed by atoms with Gasteiger partial charge in [0.1, 0.15) is 6.61 Å². The number of hydrogen-bond acceptors (Lipinski definition) is 6. The van der Waals surface area contributed by atoms with E-state index in [1.165, 1.54) is 7.11 Å². The zero-order chi connectivity index (χ0) is 22.6. The molecule has 0 saturated carbocycles. The van der Waals surface area contributed by atoms with E-state index in [0.717, 1.165) is 5.69 Å². The largest absolute Gasteiger partial charge is 0.463 e. The molecule has 31 heavy (non-hydrogen) atoms. The summed E-state index contributed by atoms with van der Waals surface area (Å²) in [6.45, 7) is 0.445. The number of carbonyl (C=O) groups is 3. The molecule has 0 aliphatic rings. The smallest absolute Gasteiger partial charge is 0.306 e. The number of rotatable bonds is 9. The molecule has 0 spiro atoms. The Morgan fingerprint density at radius 1 is 1.00 bits per heavy atom. The first-order valence-electron chi connectivity index (χ1n) is 9.59. The normalized spacial score (nSPS) is 10.1. The fourth-order valence-corrected chi connectivity index (χ4v) is 2.80. The molecule has 0 heterocycles.